The second-order valence-electron chi connectivity index (χ2n) is 6.56. The lowest BCUT2D eigenvalue weighted by molar-refractivity contribution is -0.149. The van der Waals surface area contributed by atoms with Crippen LogP contribution in [0.25, 0.3) is 0 Å². The Morgan fingerprint density at radius 3 is 2.33 bits per heavy atom. The van der Waals surface area contributed by atoms with E-state index in [0.29, 0.717) is 29.5 Å². The highest BCUT2D eigenvalue weighted by Crippen LogP contribution is 2.23. The Hall–Kier alpha value is -2.62. The molecular formula is C20H21ClN2O6S. The molecule has 0 aliphatic carbocycles. The molecule has 1 heterocycles. The highest BCUT2D eigenvalue weighted by atomic mass is 35.5. The van der Waals surface area contributed by atoms with Gasteiger partial charge in [0.15, 0.2) is 13.2 Å². The maximum atomic E-state index is 12.5. The number of benzene rings is 2. The third kappa shape index (κ3) is 5.71. The van der Waals surface area contributed by atoms with Gasteiger partial charge in [-0.15, -0.1) is 0 Å². The molecule has 0 spiro atoms. The monoisotopic (exact) mass is 452 g/mol. The van der Waals surface area contributed by atoms with Gasteiger partial charge in [-0.3, -0.25) is 4.79 Å². The van der Waals surface area contributed by atoms with Gasteiger partial charge in [-0.25, -0.2) is 13.2 Å². The summed E-state index contributed by atoms with van der Waals surface area (Å²) in [6.07, 6.45) is 1.71. The molecule has 1 saturated heterocycles. The molecule has 0 saturated carbocycles. The van der Waals surface area contributed by atoms with Crippen LogP contribution in [0.1, 0.15) is 12.8 Å². The van der Waals surface area contributed by atoms with Crippen molar-refractivity contribution >= 4 is 39.2 Å². The Morgan fingerprint density at radius 1 is 1.00 bits per heavy atom. The fraction of sp³-hybridized carbons (Fsp3) is 0.300. The predicted molar refractivity (Wildman–Crippen MR) is 111 cm³/mol. The van der Waals surface area contributed by atoms with Gasteiger partial charge < -0.3 is 14.8 Å². The van der Waals surface area contributed by atoms with E-state index in [1.54, 1.807) is 24.3 Å². The first-order chi connectivity index (χ1) is 14.4. The molecule has 3 rings (SSSR count). The summed E-state index contributed by atoms with van der Waals surface area (Å²) in [7, 11) is -3.51. The number of ether oxygens (including phenoxy) is 2. The number of rotatable bonds is 8. The summed E-state index contributed by atoms with van der Waals surface area (Å²) < 4.78 is 36.5. The largest absolute Gasteiger partial charge is 0.480 e. The van der Waals surface area contributed by atoms with Crippen molar-refractivity contribution in [1.82, 2.24) is 4.31 Å². The van der Waals surface area contributed by atoms with Gasteiger partial charge in [0.1, 0.15) is 5.75 Å². The topological polar surface area (TPSA) is 102 Å². The van der Waals surface area contributed by atoms with Gasteiger partial charge in [0.05, 0.1) is 9.92 Å². The smallest absolute Gasteiger partial charge is 0.344 e. The summed E-state index contributed by atoms with van der Waals surface area (Å²) in [5.41, 5.74) is 0.392. The number of esters is 1. The molecule has 1 fully saturated rings. The Labute approximate surface area is 179 Å². The minimum atomic E-state index is -3.51. The molecule has 10 heteroatoms. The zero-order chi connectivity index (χ0) is 21.6. The number of carbonyl (C=O) groups is 2. The molecule has 0 unspecified atom stereocenters. The van der Waals surface area contributed by atoms with Crippen molar-refractivity contribution in [3.8, 4) is 5.75 Å². The van der Waals surface area contributed by atoms with Crippen molar-refractivity contribution < 1.29 is 27.5 Å². The van der Waals surface area contributed by atoms with Crippen LogP contribution in [-0.4, -0.2) is 50.9 Å². The van der Waals surface area contributed by atoms with Gasteiger partial charge >= 0.3 is 5.97 Å². The first kappa shape index (κ1) is 22.1. The number of nitrogens with zero attached hydrogens (tertiary/aromatic N) is 1. The Balaban J connectivity index is 1.45. The first-order valence-electron chi connectivity index (χ1n) is 9.29. The molecule has 1 N–H and O–H groups in total. The van der Waals surface area contributed by atoms with Crippen LogP contribution in [0, 0.1) is 0 Å². The first-order valence-corrected chi connectivity index (χ1v) is 11.1. The van der Waals surface area contributed by atoms with E-state index >= 15 is 0 Å². The van der Waals surface area contributed by atoms with E-state index in [0.717, 1.165) is 12.8 Å². The number of amides is 1. The molecule has 0 bridgehead atoms. The lowest BCUT2D eigenvalue weighted by atomic mass is 10.3. The maximum absolute atomic E-state index is 12.5. The van der Waals surface area contributed by atoms with Crippen LogP contribution in [-0.2, 0) is 24.3 Å². The highest BCUT2D eigenvalue weighted by Gasteiger charge is 2.26. The second kappa shape index (κ2) is 9.92. The average Bonchev–Trinajstić information content (AvgIpc) is 3.28. The summed E-state index contributed by atoms with van der Waals surface area (Å²) in [5.74, 6) is -0.946. The summed E-state index contributed by atoms with van der Waals surface area (Å²) in [4.78, 5) is 23.9. The van der Waals surface area contributed by atoms with Crippen LogP contribution < -0.4 is 10.1 Å². The number of carbonyl (C=O) groups excluding carboxylic acids is 2. The van der Waals surface area contributed by atoms with Gasteiger partial charge in [-0.1, -0.05) is 23.7 Å². The van der Waals surface area contributed by atoms with Crippen LogP contribution in [0.15, 0.2) is 53.4 Å². The van der Waals surface area contributed by atoms with Crippen molar-refractivity contribution in [2.45, 2.75) is 17.7 Å². The number of halogens is 1. The quantitative estimate of drug-likeness (QED) is 0.618. The van der Waals surface area contributed by atoms with Crippen molar-refractivity contribution in [3.63, 3.8) is 0 Å². The van der Waals surface area contributed by atoms with Crippen molar-refractivity contribution in [3.05, 3.63) is 53.6 Å². The SMILES string of the molecule is O=C(COC(=O)COc1ccccc1Cl)Nc1ccc(S(=O)(=O)N2CCCC2)cc1. The van der Waals surface area contributed by atoms with Crippen LogP contribution in [0.5, 0.6) is 5.75 Å². The predicted octanol–water partition coefficient (Wildman–Crippen LogP) is 2.69. The van der Waals surface area contributed by atoms with E-state index in [2.05, 4.69) is 5.32 Å². The number of nitrogens with one attached hydrogen (secondary N) is 1. The fourth-order valence-electron chi connectivity index (χ4n) is 2.87. The van der Waals surface area contributed by atoms with E-state index in [4.69, 9.17) is 21.1 Å². The van der Waals surface area contributed by atoms with Gasteiger partial charge in [-0.05, 0) is 49.2 Å². The van der Waals surface area contributed by atoms with Crippen LogP contribution in [0.4, 0.5) is 5.69 Å². The van der Waals surface area contributed by atoms with E-state index in [-0.39, 0.29) is 11.5 Å². The summed E-state index contributed by atoms with van der Waals surface area (Å²) >= 11 is 5.92. The van der Waals surface area contributed by atoms with Gasteiger partial charge in [-0.2, -0.15) is 4.31 Å². The van der Waals surface area contributed by atoms with E-state index < -0.39 is 28.5 Å². The van der Waals surface area contributed by atoms with Crippen molar-refractivity contribution in [2.75, 3.05) is 31.6 Å². The molecule has 0 atom stereocenters. The lowest BCUT2D eigenvalue weighted by Crippen LogP contribution is -2.27. The zero-order valence-corrected chi connectivity index (χ0v) is 17.6. The molecule has 2 aromatic rings. The third-order valence-electron chi connectivity index (χ3n) is 4.39. The number of hydrogen-bond donors (Lipinski definition) is 1. The van der Waals surface area contributed by atoms with Gasteiger partial charge in [0, 0.05) is 18.8 Å². The standard InChI is InChI=1S/C20H21ClN2O6S/c21-17-5-1-2-6-18(17)28-14-20(25)29-13-19(24)22-15-7-9-16(10-8-15)30(26,27)23-11-3-4-12-23/h1-2,5-10H,3-4,11-14H2,(H,22,24). The average molecular weight is 453 g/mol. The van der Waals surface area contributed by atoms with E-state index in [9.17, 15) is 18.0 Å². The molecule has 1 aliphatic rings. The molecule has 30 heavy (non-hydrogen) atoms. The van der Waals surface area contributed by atoms with Crippen molar-refractivity contribution in [1.29, 1.82) is 0 Å². The Bertz CT molecular complexity index is 1000. The van der Waals surface area contributed by atoms with Crippen molar-refractivity contribution in [2.24, 2.45) is 0 Å². The highest BCUT2D eigenvalue weighted by molar-refractivity contribution is 7.89. The Morgan fingerprint density at radius 2 is 1.67 bits per heavy atom. The summed E-state index contributed by atoms with van der Waals surface area (Å²) in [5, 5.41) is 2.90. The van der Waals surface area contributed by atoms with Crippen LogP contribution in [0.3, 0.4) is 0 Å². The lowest BCUT2D eigenvalue weighted by Gasteiger charge is -2.15. The summed E-state index contributed by atoms with van der Waals surface area (Å²) in [6.45, 7) is 0.150. The Kier molecular flexibility index (Phi) is 7.30. The molecule has 8 nitrogen and oxygen atoms in total. The van der Waals surface area contributed by atoms with Gasteiger partial charge in [0.2, 0.25) is 10.0 Å². The molecule has 0 radical (unpaired) electrons. The molecule has 1 aliphatic heterocycles. The van der Waals surface area contributed by atoms with E-state index in [1.165, 1.54) is 28.6 Å². The number of para-hydroxylation sites is 1. The summed E-state index contributed by atoms with van der Waals surface area (Å²) in [6, 6.07) is 12.5. The van der Waals surface area contributed by atoms with E-state index in [1.807, 2.05) is 0 Å². The molecule has 0 aromatic heterocycles. The third-order valence-corrected chi connectivity index (χ3v) is 6.61. The van der Waals surface area contributed by atoms with Crippen LogP contribution in [0.2, 0.25) is 5.02 Å². The molecule has 1 amide bonds. The number of sulfonamides is 1. The normalized spacial score (nSPS) is 14.3. The maximum Gasteiger partial charge on any atom is 0.344 e. The van der Waals surface area contributed by atoms with Gasteiger partial charge in [0.25, 0.3) is 5.91 Å². The number of anilines is 1. The minimum absolute atomic E-state index is 0.172. The minimum Gasteiger partial charge on any atom is -0.480 e. The molecule has 2 aromatic carbocycles. The molecule has 160 valence electrons. The fourth-order valence-corrected chi connectivity index (χ4v) is 4.58. The van der Waals surface area contributed by atoms with Crippen LogP contribution >= 0.6 is 11.6 Å². The second-order valence-corrected chi connectivity index (χ2v) is 8.91. The zero-order valence-electron chi connectivity index (χ0n) is 16.0. The number of hydrogen-bond acceptors (Lipinski definition) is 6. The molecular weight excluding hydrogens is 432 g/mol.